The molecule has 0 heterocycles. The average Bonchev–Trinajstić information content (AvgIpc) is 4.08. The van der Waals surface area contributed by atoms with Crippen LogP contribution in [-0.4, -0.2) is 0 Å². The maximum Gasteiger partial charge on any atom is 0.0726 e. The fourth-order valence-corrected chi connectivity index (χ4v) is 13.1. The Morgan fingerprint density at radius 3 is 0.925 bits per heavy atom. The van der Waals surface area contributed by atoms with Gasteiger partial charge in [-0.05, 0) is 153 Å². The molecule has 4 aliphatic carbocycles. The van der Waals surface area contributed by atoms with Gasteiger partial charge in [0.2, 0.25) is 0 Å². The SMILES string of the molecule is c1ccc2c(c1)-c1ccccc1C21c2ccccc2-c2ccc(N(c3ccc(-c4ccc5ccccc5c4)cc3)c3ccc4c(c3)C3(c5ccccc5-c5ccccc53)c3ccccc3-4)cc21. The molecule has 0 radical (unpaired) electrons. The van der Waals surface area contributed by atoms with Crippen LogP contribution in [0.5, 0.6) is 0 Å². The summed E-state index contributed by atoms with van der Waals surface area (Å²) in [6.45, 7) is 0. The molecular weight excluding hydrogens is 807 g/mol. The van der Waals surface area contributed by atoms with Crippen LogP contribution < -0.4 is 4.90 Å². The summed E-state index contributed by atoms with van der Waals surface area (Å²) in [5.41, 5.74) is 26.0. The molecule has 15 rings (SSSR count). The van der Waals surface area contributed by atoms with Crippen LogP contribution in [-0.2, 0) is 10.8 Å². The van der Waals surface area contributed by atoms with E-state index in [0.29, 0.717) is 0 Å². The first kappa shape index (κ1) is 36.8. The first-order valence-electron chi connectivity index (χ1n) is 23.5. The van der Waals surface area contributed by atoms with E-state index in [1.54, 1.807) is 0 Å². The minimum Gasteiger partial charge on any atom is -0.310 e. The third kappa shape index (κ3) is 4.73. The van der Waals surface area contributed by atoms with Crippen molar-refractivity contribution in [2.75, 3.05) is 4.90 Å². The van der Waals surface area contributed by atoms with Crippen molar-refractivity contribution in [2.24, 2.45) is 0 Å². The lowest BCUT2D eigenvalue weighted by Crippen LogP contribution is -2.26. The minimum atomic E-state index is -0.457. The number of hydrogen-bond donors (Lipinski definition) is 0. The molecule has 0 bridgehead atoms. The van der Waals surface area contributed by atoms with Gasteiger partial charge in [-0.2, -0.15) is 0 Å². The standard InChI is InChI=1S/C66H41N/c1-2-16-44-39-45(30-29-42(44)15-1)43-31-33-46(34-32-43)67(47-35-37-55-53-21-7-13-27-61(53)65(63(55)40-47)57-23-9-3-17-49(57)50-18-4-10-24-58(50)65)48-36-38-56-54-22-8-14-28-62(54)66(64(56)41-48)59-25-11-5-19-51(59)52-20-6-12-26-60(52)66/h1-41H. The van der Waals surface area contributed by atoms with E-state index in [2.05, 4.69) is 254 Å². The Morgan fingerprint density at radius 2 is 0.522 bits per heavy atom. The normalized spacial score (nSPS) is 14.2. The first-order chi connectivity index (χ1) is 33.2. The molecule has 0 atom stereocenters. The summed E-state index contributed by atoms with van der Waals surface area (Å²) in [5.74, 6) is 0. The number of hydrogen-bond acceptors (Lipinski definition) is 1. The molecule has 0 saturated heterocycles. The number of benzene rings is 11. The molecular formula is C66H41N. The maximum atomic E-state index is 2.52. The summed E-state index contributed by atoms with van der Waals surface area (Å²) < 4.78 is 0. The van der Waals surface area contributed by atoms with Crippen molar-refractivity contribution < 1.29 is 0 Å². The highest BCUT2D eigenvalue weighted by Crippen LogP contribution is 2.65. The Labute approximate surface area is 390 Å². The summed E-state index contributed by atoms with van der Waals surface area (Å²) in [7, 11) is 0. The van der Waals surface area contributed by atoms with Crippen LogP contribution in [0.15, 0.2) is 249 Å². The number of nitrogens with zero attached hydrogens (tertiary/aromatic N) is 1. The van der Waals surface area contributed by atoms with E-state index in [9.17, 15) is 0 Å². The van der Waals surface area contributed by atoms with Gasteiger partial charge in [-0.1, -0.05) is 206 Å². The Hall–Kier alpha value is -8.52. The molecule has 1 heteroatoms. The summed E-state index contributed by atoms with van der Waals surface area (Å²) in [6, 6.07) is 93.8. The molecule has 4 aliphatic rings. The lowest BCUT2D eigenvalue weighted by Gasteiger charge is -2.33. The van der Waals surface area contributed by atoms with E-state index in [1.165, 1.54) is 111 Å². The highest BCUT2D eigenvalue weighted by molar-refractivity contribution is 5.99. The van der Waals surface area contributed by atoms with Crippen molar-refractivity contribution in [3.8, 4) is 55.6 Å². The molecule has 0 aliphatic heterocycles. The van der Waals surface area contributed by atoms with Gasteiger partial charge in [-0.3, -0.25) is 0 Å². The summed E-state index contributed by atoms with van der Waals surface area (Å²) >= 11 is 0. The summed E-state index contributed by atoms with van der Waals surface area (Å²) in [4.78, 5) is 2.51. The minimum absolute atomic E-state index is 0.457. The van der Waals surface area contributed by atoms with Gasteiger partial charge >= 0.3 is 0 Å². The highest BCUT2D eigenvalue weighted by atomic mass is 15.1. The van der Waals surface area contributed by atoms with Crippen LogP contribution in [0.2, 0.25) is 0 Å². The van der Waals surface area contributed by atoms with E-state index in [0.717, 1.165) is 17.1 Å². The predicted octanol–water partition coefficient (Wildman–Crippen LogP) is 16.7. The number of rotatable bonds is 4. The van der Waals surface area contributed by atoms with Gasteiger partial charge in [0.25, 0.3) is 0 Å². The largest absolute Gasteiger partial charge is 0.310 e. The molecule has 11 aromatic rings. The summed E-state index contributed by atoms with van der Waals surface area (Å²) in [5, 5.41) is 2.50. The Balaban J connectivity index is 0.981. The monoisotopic (exact) mass is 847 g/mol. The second-order valence-corrected chi connectivity index (χ2v) is 18.7. The van der Waals surface area contributed by atoms with E-state index in [1.807, 2.05) is 0 Å². The van der Waals surface area contributed by atoms with Crippen molar-refractivity contribution in [1.29, 1.82) is 0 Å². The van der Waals surface area contributed by atoms with E-state index >= 15 is 0 Å². The molecule has 11 aromatic carbocycles. The van der Waals surface area contributed by atoms with Gasteiger partial charge in [0.1, 0.15) is 0 Å². The van der Waals surface area contributed by atoms with Crippen LogP contribution in [0, 0.1) is 0 Å². The Bertz CT molecular complexity index is 3570. The summed E-state index contributed by atoms with van der Waals surface area (Å²) in [6.07, 6.45) is 0. The van der Waals surface area contributed by atoms with Gasteiger partial charge in [-0.15, -0.1) is 0 Å². The second kappa shape index (κ2) is 13.5. The van der Waals surface area contributed by atoms with Crippen LogP contribution in [0.4, 0.5) is 17.1 Å². The lowest BCUT2D eigenvalue weighted by molar-refractivity contribution is 0.792. The molecule has 0 amide bonds. The quantitative estimate of drug-likeness (QED) is 0.171. The van der Waals surface area contributed by atoms with Crippen molar-refractivity contribution in [3.05, 3.63) is 293 Å². The zero-order chi connectivity index (χ0) is 43.8. The molecule has 310 valence electrons. The third-order valence-electron chi connectivity index (χ3n) is 15.7. The van der Waals surface area contributed by atoms with Crippen LogP contribution in [0.3, 0.4) is 0 Å². The van der Waals surface area contributed by atoms with Crippen LogP contribution in [0.1, 0.15) is 44.5 Å². The van der Waals surface area contributed by atoms with Gasteiger partial charge in [0, 0.05) is 17.1 Å². The molecule has 0 unspecified atom stereocenters. The Kier molecular flexibility index (Phi) is 7.42. The smallest absolute Gasteiger partial charge is 0.0726 e. The fourth-order valence-electron chi connectivity index (χ4n) is 13.1. The number of fused-ring (bicyclic) bond motifs is 21. The Morgan fingerprint density at radius 1 is 0.209 bits per heavy atom. The van der Waals surface area contributed by atoms with Gasteiger partial charge < -0.3 is 4.90 Å². The average molecular weight is 848 g/mol. The van der Waals surface area contributed by atoms with Crippen molar-refractivity contribution in [3.63, 3.8) is 0 Å². The van der Waals surface area contributed by atoms with Crippen molar-refractivity contribution in [1.82, 2.24) is 0 Å². The molecule has 0 aromatic heterocycles. The van der Waals surface area contributed by atoms with Gasteiger partial charge in [-0.25, -0.2) is 0 Å². The molecule has 67 heavy (non-hydrogen) atoms. The maximum absolute atomic E-state index is 2.52. The van der Waals surface area contributed by atoms with Crippen molar-refractivity contribution >= 4 is 27.8 Å². The van der Waals surface area contributed by atoms with Crippen LogP contribution in [0.25, 0.3) is 66.4 Å². The zero-order valence-corrected chi connectivity index (χ0v) is 36.6. The van der Waals surface area contributed by atoms with Crippen molar-refractivity contribution in [2.45, 2.75) is 10.8 Å². The molecule has 0 fully saturated rings. The predicted molar refractivity (Wildman–Crippen MR) is 277 cm³/mol. The fraction of sp³-hybridized carbons (Fsp3) is 0.0303. The highest BCUT2D eigenvalue weighted by Gasteiger charge is 2.53. The zero-order valence-electron chi connectivity index (χ0n) is 36.6. The third-order valence-corrected chi connectivity index (χ3v) is 15.7. The topological polar surface area (TPSA) is 3.24 Å². The van der Waals surface area contributed by atoms with E-state index in [4.69, 9.17) is 0 Å². The first-order valence-corrected chi connectivity index (χ1v) is 23.5. The molecule has 2 spiro atoms. The number of anilines is 3. The van der Waals surface area contributed by atoms with Crippen LogP contribution >= 0.6 is 0 Å². The second-order valence-electron chi connectivity index (χ2n) is 18.7. The molecule has 1 nitrogen and oxygen atoms in total. The molecule has 0 saturated carbocycles. The lowest BCUT2D eigenvalue weighted by atomic mass is 9.70. The van der Waals surface area contributed by atoms with Gasteiger partial charge in [0.15, 0.2) is 0 Å². The van der Waals surface area contributed by atoms with E-state index in [-0.39, 0.29) is 0 Å². The van der Waals surface area contributed by atoms with E-state index < -0.39 is 10.8 Å². The molecule has 0 N–H and O–H groups in total. The van der Waals surface area contributed by atoms with Gasteiger partial charge in [0.05, 0.1) is 10.8 Å².